The Kier molecular flexibility index (Phi) is 6.38. The lowest BCUT2D eigenvalue weighted by Crippen LogP contribution is -2.31. The van der Waals surface area contributed by atoms with Gasteiger partial charge in [0.15, 0.2) is 0 Å². The summed E-state index contributed by atoms with van der Waals surface area (Å²) >= 11 is 6.36. The molecule has 1 aromatic carbocycles. The second kappa shape index (κ2) is 8.65. The molecule has 3 aromatic rings. The van der Waals surface area contributed by atoms with Crippen molar-refractivity contribution in [2.75, 3.05) is 12.4 Å². The summed E-state index contributed by atoms with van der Waals surface area (Å²) in [7, 11) is -1.78. The minimum Gasteiger partial charge on any atom is -0.476 e. The number of nitrogens with one attached hydrogen (secondary N) is 1. The van der Waals surface area contributed by atoms with Crippen LogP contribution in [0.15, 0.2) is 36.7 Å². The second-order valence-electron chi connectivity index (χ2n) is 7.44. The van der Waals surface area contributed by atoms with E-state index in [0.29, 0.717) is 23.4 Å². The zero-order valence-corrected chi connectivity index (χ0v) is 18.8. The highest BCUT2D eigenvalue weighted by molar-refractivity contribution is 7.90. The first-order valence-corrected chi connectivity index (χ1v) is 11.6. The maximum absolute atomic E-state index is 12.3. The fourth-order valence-corrected chi connectivity index (χ4v) is 3.72. The molecule has 1 amide bonds. The number of halogens is 1. The number of pyridine rings is 1. The SMILES string of the molecule is CCS(=O)(=O)NC(=O)c1ccc2c(-c3cnc(OCC(C)C)c(Cl)c3)cn(C)c2c1. The number of rotatable bonds is 7. The van der Waals surface area contributed by atoms with Gasteiger partial charge in [-0.05, 0) is 31.0 Å². The lowest BCUT2D eigenvalue weighted by molar-refractivity contribution is 0.0981. The number of hydrogen-bond acceptors (Lipinski definition) is 5. The van der Waals surface area contributed by atoms with Gasteiger partial charge in [-0.3, -0.25) is 4.79 Å². The van der Waals surface area contributed by atoms with Gasteiger partial charge in [0.1, 0.15) is 5.02 Å². The summed E-state index contributed by atoms with van der Waals surface area (Å²) in [6.45, 7) is 6.09. The molecular formula is C21H24ClN3O4S. The third kappa shape index (κ3) is 4.76. The summed E-state index contributed by atoms with van der Waals surface area (Å²) in [6.07, 6.45) is 3.61. The summed E-state index contributed by atoms with van der Waals surface area (Å²) in [6, 6.07) is 6.85. The molecule has 0 radical (unpaired) electrons. The molecule has 0 saturated heterocycles. The summed E-state index contributed by atoms with van der Waals surface area (Å²) in [4.78, 5) is 16.6. The van der Waals surface area contributed by atoms with Crippen LogP contribution in [0, 0.1) is 5.92 Å². The van der Waals surface area contributed by atoms with Crippen LogP contribution < -0.4 is 9.46 Å². The standard InChI is InChI=1S/C21H24ClN3O4S/c1-5-30(27,28)24-20(26)14-6-7-16-17(11-25(4)19(16)9-14)15-8-18(22)21(23-10-15)29-12-13(2)3/h6-11,13H,5,12H2,1-4H3,(H,24,26). The number of aromatic nitrogens is 2. The van der Waals surface area contributed by atoms with Crippen molar-refractivity contribution in [1.82, 2.24) is 14.3 Å². The highest BCUT2D eigenvalue weighted by Crippen LogP contribution is 2.34. The fourth-order valence-electron chi connectivity index (χ4n) is 2.95. The van der Waals surface area contributed by atoms with E-state index < -0.39 is 15.9 Å². The Morgan fingerprint density at radius 3 is 2.67 bits per heavy atom. The summed E-state index contributed by atoms with van der Waals surface area (Å²) < 4.78 is 32.9. The van der Waals surface area contributed by atoms with Crippen molar-refractivity contribution in [3.05, 3.63) is 47.2 Å². The van der Waals surface area contributed by atoms with Crippen molar-refractivity contribution in [2.24, 2.45) is 13.0 Å². The highest BCUT2D eigenvalue weighted by Gasteiger charge is 2.17. The normalized spacial score (nSPS) is 11.8. The first-order chi connectivity index (χ1) is 14.1. The van der Waals surface area contributed by atoms with Gasteiger partial charge in [0.05, 0.1) is 12.4 Å². The number of aryl methyl sites for hydroxylation is 1. The van der Waals surface area contributed by atoms with E-state index >= 15 is 0 Å². The van der Waals surface area contributed by atoms with Crippen LogP contribution in [-0.4, -0.2) is 36.2 Å². The molecule has 9 heteroatoms. The van der Waals surface area contributed by atoms with E-state index in [-0.39, 0.29) is 11.3 Å². The Morgan fingerprint density at radius 1 is 1.30 bits per heavy atom. The Morgan fingerprint density at radius 2 is 2.03 bits per heavy atom. The minimum atomic E-state index is -3.63. The minimum absolute atomic E-state index is 0.167. The molecule has 3 rings (SSSR count). The average Bonchev–Trinajstić information content (AvgIpc) is 3.02. The van der Waals surface area contributed by atoms with Gasteiger partial charge in [0, 0.05) is 47.0 Å². The molecule has 0 aliphatic rings. The average molecular weight is 450 g/mol. The van der Waals surface area contributed by atoms with Crippen LogP contribution in [0.5, 0.6) is 5.88 Å². The molecule has 0 unspecified atom stereocenters. The van der Waals surface area contributed by atoms with Crippen molar-refractivity contribution < 1.29 is 17.9 Å². The smallest absolute Gasteiger partial charge is 0.264 e. The van der Waals surface area contributed by atoms with E-state index in [0.717, 1.165) is 22.0 Å². The van der Waals surface area contributed by atoms with Crippen LogP contribution >= 0.6 is 11.6 Å². The molecule has 0 atom stereocenters. The lowest BCUT2D eigenvalue weighted by atomic mass is 10.0. The van der Waals surface area contributed by atoms with Crippen molar-refractivity contribution in [1.29, 1.82) is 0 Å². The number of carbonyl (C=O) groups is 1. The number of carbonyl (C=O) groups excluding carboxylic acids is 1. The van der Waals surface area contributed by atoms with E-state index in [4.69, 9.17) is 16.3 Å². The molecule has 2 heterocycles. The molecule has 0 spiro atoms. The van der Waals surface area contributed by atoms with E-state index in [1.165, 1.54) is 6.92 Å². The van der Waals surface area contributed by atoms with Gasteiger partial charge in [0.2, 0.25) is 15.9 Å². The topological polar surface area (TPSA) is 90.3 Å². The number of ether oxygens (including phenoxy) is 1. The molecule has 0 saturated carbocycles. The van der Waals surface area contributed by atoms with Crippen LogP contribution in [-0.2, 0) is 17.1 Å². The lowest BCUT2D eigenvalue weighted by Gasteiger charge is -2.10. The number of hydrogen-bond donors (Lipinski definition) is 1. The van der Waals surface area contributed by atoms with Crippen molar-refractivity contribution in [3.8, 4) is 17.0 Å². The van der Waals surface area contributed by atoms with Gasteiger partial charge in [-0.25, -0.2) is 18.1 Å². The molecular weight excluding hydrogens is 426 g/mol. The molecule has 7 nitrogen and oxygen atoms in total. The Hall–Kier alpha value is -2.58. The number of sulfonamides is 1. The van der Waals surface area contributed by atoms with Crippen LogP contribution in [0.3, 0.4) is 0 Å². The Balaban J connectivity index is 1.95. The Bertz CT molecular complexity index is 1200. The fraction of sp³-hybridized carbons (Fsp3) is 0.333. The summed E-state index contributed by atoms with van der Waals surface area (Å²) in [5.74, 6) is -0.0671. The maximum atomic E-state index is 12.3. The molecule has 0 bridgehead atoms. The third-order valence-corrected chi connectivity index (χ3v) is 6.08. The summed E-state index contributed by atoms with van der Waals surface area (Å²) in [5, 5.41) is 1.31. The van der Waals surface area contributed by atoms with Gasteiger partial charge in [-0.15, -0.1) is 0 Å². The van der Waals surface area contributed by atoms with Gasteiger partial charge in [-0.2, -0.15) is 0 Å². The molecule has 0 aliphatic carbocycles. The second-order valence-corrected chi connectivity index (χ2v) is 9.85. The monoisotopic (exact) mass is 449 g/mol. The van der Waals surface area contributed by atoms with Crippen LogP contribution in [0.4, 0.5) is 0 Å². The molecule has 0 fully saturated rings. The first kappa shape index (κ1) is 22.1. The van der Waals surface area contributed by atoms with E-state index in [2.05, 4.69) is 9.71 Å². The van der Waals surface area contributed by atoms with Crippen molar-refractivity contribution in [3.63, 3.8) is 0 Å². The molecule has 30 heavy (non-hydrogen) atoms. The number of fused-ring (bicyclic) bond motifs is 1. The number of amides is 1. The van der Waals surface area contributed by atoms with Gasteiger partial charge in [0.25, 0.3) is 5.91 Å². The highest BCUT2D eigenvalue weighted by atomic mass is 35.5. The quantitative estimate of drug-likeness (QED) is 0.588. The van der Waals surface area contributed by atoms with Crippen LogP contribution in [0.1, 0.15) is 31.1 Å². The zero-order valence-electron chi connectivity index (χ0n) is 17.3. The Labute approximate surface area is 181 Å². The third-order valence-electron chi connectivity index (χ3n) is 4.55. The first-order valence-electron chi connectivity index (χ1n) is 9.54. The van der Waals surface area contributed by atoms with E-state index in [1.807, 2.05) is 31.7 Å². The molecule has 160 valence electrons. The van der Waals surface area contributed by atoms with Gasteiger partial charge < -0.3 is 9.30 Å². The molecule has 0 aliphatic heterocycles. The molecule has 1 N–H and O–H groups in total. The van der Waals surface area contributed by atoms with Crippen molar-refractivity contribution >= 4 is 38.4 Å². The van der Waals surface area contributed by atoms with E-state index in [1.54, 1.807) is 30.5 Å². The summed E-state index contributed by atoms with van der Waals surface area (Å²) in [5.41, 5.74) is 2.75. The van der Waals surface area contributed by atoms with Crippen LogP contribution in [0.25, 0.3) is 22.0 Å². The number of nitrogens with zero attached hydrogens (tertiary/aromatic N) is 2. The van der Waals surface area contributed by atoms with Gasteiger partial charge in [-0.1, -0.05) is 31.5 Å². The number of benzene rings is 1. The largest absolute Gasteiger partial charge is 0.476 e. The maximum Gasteiger partial charge on any atom is 0.264 e. The molecule has 2 aromatic heterocycles. The van der Waals surface area contributed by atoms with E-state index in [9.17, 15) is 13.2 Å². The van der Waals surface area contributed by atoms with Crippen LogP contribution in [0.2, 0.25) is 5.02 Å². The predicted octanol–water partition coefficient (Wildman–Crippen LogP) is 4.01. The zero-order chi connectivity index (χ0) is 22.1. The van der Waals surface area contributed by atoms with Crippen molar-refractivity contribution in [2.45, 2.75) is 20.8 Å². The predicted molar refractivity (Wildman–Crippen MR) is 118 cm³/mol. The van der Waals surface area contributed by atoms with Gasteiger partial charge >= 0.3 is 0 Å².